The molecule has 3 rings (SSSR count). The molecule has 0 radical (unpaired) electrons. The molecule has 0 saturated carbocycles. The summed E-state index contributed by atoms with van der Waals surface area (Å²) in [4.78, 5) is 22.7. The lowest BCUT2D eigenvalue weighted by Crippen LogP contribution is -2.38. The van der Waals surface area contributed by atoms with E-state index >= 15 is 0 Å². The fourth-order valence-corrected chi connectivity index (χ4v) is 2.45. The van der Waals surface area contributed by atoms with Gasteiger partial charge in [-0.1, -0.05) is 13.0 Å². The molecule has 1 aliphatic heterocycles. The topological polar surface area (TPSA) is 67.3 Å². The van der Waals surface area contributed by atoms with Gasteiger partial charge in [0.05, 0.1) is 24.4 Å². The second-order valence-electron chi connectivity index (χ2n) is 5.29. The number of ether oxygens (including phenoxy) is 1. The zero-order valence-corrected chi connectivity index (χ0v) is 12.0. The van der Waals surface area contributed by atoms with Gasteiger partial charge < -0.3 is 15.0 Å². The number of aromatic nitrogens is 2. The molecular weight excluding hydrogens is 268 g/mol. The van der Waals surface area contributed by atoms with Gasteiger partial charge in [-0.15, -0.1) is 0 Å². The van der Waals surface area contributed by atoms with Crippen LogP contribution in [0.15, 0.2) is 30.6 Å². The third-order valence-corrected chi connectivity index (χ3v) is 3.47. The van der Waals surface area contributed by atoms with Crippen LogP contribution >= 0.6 is 0 Å². The maximum absolute atomic E-state index is 12.4. The lowest BCUT2D eigenvalue weighted by molar-refractivity contribution is 0.127. The lowest BCUT2D eigenvalue weighted by atomic mass is 10.2. The summed E-state index contributed by atoms with van der Waals surface area (Å²) in [6.45, 7) is 4.65. The van der Waals surface area contributed by atoms with Gasteiger partial charge in [0.25, 0.3) is 0 Å². The average Bonchev–Trinajstić information content (AvgIpc) is 2.72. The van der Waals surface area contributed by atoms with E-state index in [4.69, 9.17) is 4.74 Å². The third-order valence-electron chi connectivity index (χ3n) is 3.47. The number of hydrogen-bond donors (Lipinski definition) is 1. The first-order valence-corrected chi connectivity index (χ1v) is 7.07. The Balaban J connectivity index is 1.79. The second kappa shape index (κ2) is 6.05. The summed E-state index contributed by atoms with van der Waals surface area (Å²) < 4.78 is 5.46. The minimum atomic E-state index is -0.120. The van der Waals surface area contributed by atoms with Gasteiger partial charge in [-0.3, -0.25) is 9.97 Å². The fraction of sp³-hybridized carbons (Fsp3) is 0.400. The maximum atomic E-state index is 12.4. The van der Waals surface area contributed by atoms with Crippen LogP contribution in [0.5, 0.6) is 0 Å². The fourth-order valence-electron chi connectivity index (χ4n) is 2.45. The quantitative estimate of drug-likeness (QED) is 0.872. The van der Waals surface area contributed by atoms with E-state index in [1.165, 1.54) is 0 Å². The minimum absolute atomic E-state index is 0.120. The number of carbonyl (C=O) groups excluding carboxylic acids is 1. The molecule has 0 bridgehead atoms. The molecule has 6 heteroatoms. The van der Waals surface area contributed by atoms with Gasteiger partial charge >= 0.3 is 6.03 Å². The van der Waals surface area contributed by atoms with Gasteiger partial charge in [0.1, 0.15) is 5.52 Å². The first-order chi connectivity index (χ1) is 10.2. The molecule has 1 N–H and O–H groups in total. The third kappa shape index (κ3) is 3.11. The Labute approximate surface area is 123 Å². The molecular formula is C15H18N4O2. The monoisotopic (exact) mass is 286 g/mol. The first kappa shape index (κ1) is 13.8. The van der Waals surface area contributed by atoms with E-state index in [0.29, 0.717) is 43.4 Å². The predicted octanol–water partition coefficient (Wildman–Crippen LogP) is 2.13. The van der Waals surface area contributed by atoms with E-state index in [0.717, 1.165) is 5.52 Å². The van der Waals surface area contributed by atoms with Gasteiger partial charge in [-0.2, -0.15) is 0 Å². The van der Waals surface area contributed by atoms with Crippen LogP contribution in [0.4, 0.5) is 10.5 Å². The molecule has 1 fully saturated rings. The SMILES string of the molecule is CC1COCCN(C(=O)Nc2cccc3nccnc23)C1. The number of anilines is 1. The zero-order chi connectivity index (χ0) is 14.7. The number of para-hydroxylation sites is 1. The number of amides is 2. The number of hydrogen-bond acceptors (Lipinski definition) is 4. The average molecular weight is 286 g/mol. The molecule has 0 spiro atoms. The molecule has 1 aliphatic rings. The van der Waals surface area contributed by atoms with Crippen LogP contribution in [-0.2, 0) is 4.74 Å². The van der Waals surface area contributed by atoms with Crippen molar-refractivity contribution in [2.75, 3.05) is 31.6 Å². The van der Waals surface area contributed by atoms with Crippen LogP contribution < -0.4 is 5.32 Å². The summed E-state index contributed by atoms with van der Waals surface area (Å²) in [6.07, 6.45) is 3.27. The minimum Gasteiger partial charge on any atom is -0.379 e. The van der Waals surface area contributed by atoms with Crippen molar-refractivity contribution < 1.29 is 9.53 Å². The zero-order valence-electron chi connectivity index (χ0n) is 12.0. The van der Waals surface area contributed by atoms with E-state index in [2.05, 4.69) is 22.2 Å². The number of rotatable bonds is 1. The highest BCUT2D eigenvalue weighted by Gasteiger charge is 2.20. The molecule has 21 heavy (non-hydrogen) atoms. The van der Waals surface area contributed by atoms with Gasteiger partial charge in [-0.05, 0) is 18.1 Å². The van der Waals surface area contributed by atoms with Crippen molar-refractivity contribution in [3.05, 3.63) is 30.6 Å². The summed E-state index contributed by atoms with van der Waals surface area (Å²) in [6, 6.07) is 5.46. The Bertz CT molecular complexity index is 641. The Hall–Kier alpha value is -2.21. The summed E-state index contributed by atoms with van der Waals surface area (Å²) in [5.41, 5.74) is 2.15. The Kier molecular flexibility index (Phi) is 3.96. The van der Waals surface area contributed by atoms with Crippen molar-refractivity contribution in [3.8, 4) is 0 Å². The molecule has 0 aliphatic carbocycles. The number of nitrogens with zero attached hydrogens (tertiary/aromatic N) is 3. The lowest BCUT2D eigenvalue weighted by Gasteiger charge is -2.22. The van der Waals surface area contributed by atoms with Crippen molar-refractivity contribution in [2.45, 2.75) is 6.92 Å². The number of benzene rings is 1. The van der Waals surface area contributed by atoms with Gasteiger partial charge in [-0.25, -0.2) is 4.79 Å². The molecule has 2 amide bonds. The second-order valence-corrected chi connectivity index (χ2v) is 5.29. The molecule has 2 heterocycles. The van der Waals surface area contributed by atoms with E-state index < -0.39 is 0 Å². The van der Waals surface area contributed by atoms with Gasteiger partial charge in [0, 0.05) is 25.5 Å². The summed E-state index contributed by atoms with van der Waals surface area (Å²) in [7, 11) is 0. The highest BCUT2D eigenvalue weighted by atomic mass is 16.5. The number of urea groups is 1. The maximum Gasteiger partial charge on any atom is 0.321 e. The number of fused-ring (bicyclic) bond motifs is 1. The number of carbonyl (C=O) groups is 1. The van der Waals surface area contributed by atoms with Gasteiger partial charge in [0.15, 0.2) is 0 Å². The van der Waals surface area contributed by atoms with Crippen LogP contribution in [-0.4, -0.2) is 47.2 Å². The van der Waals surface area contributed by atoms with Crippen molar-refractivity contribution >= 4 is 22.8 Å². The Morgan fingerprint density at radius 2 is 2.24 bits per heavy atom. The molecule has 1 aromatic heterocycles. The molecule has 110 valence electrons. The van der Waals surface area contributed by atoms with E-state index in [-0.39, 0.29) is 6.03 Å². The van der Waals surface area contributed by atoms with Crippen molar-refractivity contribution in [1.82, 2.24) is 14.9 Å². The van der Waals surface area contributed by atoms with Gasteiger partial charge in [0.2, 0.25) is 0 Å². The number of nitrogens with one attached hydrogen (secondary N) is 1. The van der Waals surface area contributed by atoms with Crippen LogP contribution in [0, 0.1) is 5.92 Å². The molecule has 1 unspecified atom stereocenters. The molecule has 1 aromatic carbocycles. The van der Waals surface area contributed by atoms with E-state index in [1.54, 1.807) is 17.3 Å². The largest absolute Gasteiger partial charge is 0.379 e. The standard InChI is InChI=1S/C15H18N4O2/c1-11-9-19(7-8-21-10-11)15(20)18-13-4-2-3-12-14(13)17-6-5-16-12/h2-6,11H,7-10H2,1H3,(H,18,20). The van der Waals surface area contributed by atoms with E-state index in [1.807, 2.05) is 18.2 Å². The first-order valence-electron chi connectivity index (χ1n) is 7.07. The normalized spacial score (nSPS) is 19.3. The predicted molar refractivity (Wildman–Crippen MR) is 80.1 cm³/mol. The Morgan fingerprint density at radius 1 is 1.38 bits per heavy atom. The summed E-state index contributed by atoms with van der Waals surface area (Å²) >= 11 is 0. The van der Waals surface area contributed by atoms with E-state index in [9.17, 15) is 4.79 Å². The van der Waals surface area contributed by atoms with Crippen molar-refractivity contribution in [1.29, 1.82) is 0 Å². The van der Waals surface area contributed by atoms with Crippen molar-refractivity contribution in [3.63, 3.8) is 0 Å². The van der Waals surface area contributed by atoms with Crippen molar-refractivity contribution in [2.24, 2.45) is 5.92 Å². The van der Waals surface area contributed by atoms with Crippen LogP contribution in [0.2, 0.25) is 0 Å². The molecule has 1 saturated heterocycles. The Morgan fingerprint density at radius 3 is 3.14 bits per heavy atom. The molecule has 1 atom stereocenters. The smallest absolute Gasteiger partial charge is 0.321 e. The summed E-state index contributed by atoms with van der Waals surface area (Å²) in [5, 5.41) is 2.93. The highest BCUT2D eigenvalue weighted by molar-refractivity contribution is 5.98. The molecule has 6 nitrogen and oxygen atoms in total. The van der Waals surface area contributed by atoms with Crippen LogP contribution in [0.3, 0.4) is 0 Å². The molecule has 2 aromatic rings. The summed E-state index contributed by atoms with van der Waals surface area (Å²) in [5.74, 6) is 0.338. The van der Waals surface area contributed by atoms with Crippen LogP contribution in [0.25, 0.3) is 11.0 Å². The highest BCUT2D eigenvalue weighted by Crippen LogP contribution is 2.19. The van der Waals surface area contributed by atoms with Crippen LogP contribution in [0.1, 0.15) is 6.92 Å².